The smallest absolute Gasteiger partial charge is 0.127 e. The Morgan fingerprint density at radius 3 is 2.65 bits per heavy atom. The summed E-state index contributed by atoms with van der Waals surface area (Å²) in [5.74, 6) is 0.947. The molecule has 1 fully saturated rings. The van der Waals surface area contributed by atoms with Gasteiger partial charge in [0, 0.05) is 30.9 Å². The quantitative estimate of drug-likeness (QED) is 0.524. The van der Waals surface area contributed by atoms with Gasteiger partial charge in [0.15, 0.2) is 0 Å². The number of pyridine rings is 1. The van der Waals surface area contributed by atoms with Crippen LogP contribution >= 0.6 is 0 Å². The van der Waals surface area contributed by atoms with Crippen LogP contribution in [-0.4, -0.2) is 28.6 Å². The van der Waals surface area contributed by atoms with Gasteiger partial charge >= 0.3 is 0 Å². The van der Waals surface area contributed by atoms with Crippen LogP contribution in [0.25, 0.3) is 11.1 Å². The SMILES string of the molecule is CC.CC1CCCN1Cc1ccnc(NC2Cc3cc(-c4ccccc4)ccc3N2)c1. The predicted molar refractivity (Wildman–Crippen MR) is 131 cm³/mol. The molecule has 0 spiro atoms. The van der Waals surface area contributed by atoms with E-state index < -0.39 is 0 Å². The van der Waals surface area contributed by atoms with Crippen LogP contribution in [0.3, 0.4) is 0 Å². The van der Waals surface area contributed by atoms with E-state index in [9.17, 15) is 0 Å². The van der Waals surface area contributed by atoms with Crippen molar-refractivity contribution in [1.82, 2.24) is 9.88 Å². The number of hydrogen-bond acceptors (Lipinski definition) is 4. The Hall–Kier alpha value is -2.85. The van der Waals surface area contributed by atoms with Crippen LogP contribution in [0.15, 0.2) is 66.9 Å². The second kappa shape index (κ2) is 9.97. The maximum Gasteiger partial charge on any atom is 0.127 e. The molecule has 5 rings (SSSR count). The molecule has 31 heavy (non-hydrogen) atoms. The topological polar surface area (TPSA) is 40.2 Å². The number of anilines is 2. The molecule has 4 nitrogen and oxygen atoms in total. The second-order valence-corrected chi connectivity index (χ2v) is 8.29. The van der Waals surface area contributed by atoms with Crippen molar-refractivity contribution in [3.8, 4) is 11.1 Å². The van der Waals surface area contributed by atoms with E-state index in [4.69, 9.17) is 0 Å². The Morgan fingerprint density at radius 2 is 1.87 bits per heavy atom. The average molecular weight is 415 g/mol. The van der Waals surface area contributed by atoms with E-state index >= 15 is 0 Å². The van der Waals surface area contributed by atoms with Crippen molar-refractivity contribution in [2.24, 2.45) is 0 Å². The van der Waals surface area contributed by atoms with Crippen molar-refractivity contribution >= 4 is 11.5 Å². The van der Waals surface area contributed by atoms with E-state index in [1.165, 1.54) is 47.3 Å². The van der Waals surface area contributed by atoms with Crippen LogP contribution in [-0.2, 0) is 13.0 Å². The molecule has 1 saturated heterocycles. The van der Waals surface area contributed by atoms with Gasteiger partial charge in [-0.25, -0.2) is 4.98 Å². The highest BCUT2D eigenvalue weighted by Gasteiger charge is 2.22. The van der Waals surface area contributed by atoms with E-state index in [-0.39, 0.29) is 6.17 Å². The first-order chi connectivity index (χ1) is 15.2. The molecule has 162 valence electrons. The van der Waals surface area contributed by atoms with Gasteiger partial charge in [0.05, 0.1) is 0 Å². The van der Waals surface area contributed by atoms with Gasteiger partial charge in [0.2, 0.25) is 0 Å². The molecule has 0 aliphatic carbocycles. The first-order valence-corrected chi connectivity index (χ1v) is 11.6. The summed E-state index contributed by atoms with van der Waals surface area (Å²) in [6.45, 7) is 8.54. The minimum atomic E-state index is 0.171. The van der Waals surface area contributed by atoms with Gasteiger partial charge in [0.25, 0.3) is 0 Å². The van der Waals surface area contributed by atoms with Crippen molar-refractivity contribution in [2.75, 3.05) is 17.2 Å². The Morgan fingerprint density at radius 1 is 1.03 bits per heavy atom. The molecule has 2 N–H and O–H groups in total. The molecule has 2 atom stereocenters. The zero-order valence-electron chi connectivity index (χ0n) is 18.9. The van der Waals surface area contributed by atoms with Crippen LogP contribution in [0.5, 0.6) is 0 Å². The molecule has 0 radical (unpaired) electrons. The van der Waals surface area contributed by atoms with E-state index in [2.05, 4.69) is 88.1 Å². The second-order valence-electron chi connectivity index (χ2n) is 8.29. The summed E-state index contributed by atoms with van der Waals surface area (Å²) in [7, 11) is 0. The number of rotatable bonds is 5. The normalized spacial score (nSPS) is 19.8. The molecule has 2 unspecified atom stereocenters. The number of nitrogens with zero attached hydrogens (tertiary/aromatic N) is 2. The highest BCUT2D eigenvalue weighted by atomic mass is 15.2. The molecule has 2 aromatic carbocycles. The monoisotopic (exact) mass is 414 g/mol. The fourth-order valence-electron chi connectivity index (χ4n) is 4.55. The number of benzene rings is 2. The van der Waals surface area contributed by atoms with E-state index in [0.29, 0.717) is 6.04 Å². The molecular weight excluding hydrogens is 380 g/mol. The Balaban J connectivity index is 0.00000112. The van der Waals surface area contributed by atoms with Crippen LogP contribution < -0.4 is 10.6 Å². The molecule has 1 aromatic heterocycles. The standard InChI is InChI=1S/C25H28N4.C2H6/c1-18-6-5-13-29(18)17-19-11-12-26-24(14-19)28-25-16-22-15-21(9-10-23(22)27-25)20-7-3-2-4-8-20;1-2/h2-4,7-12,14-15,18,25,27H,5-6,13,16-17H2,1H3,(H,26,28);1-2H3. The lowest BCUT2D eigenvalue weighted by molar-refractivity contribution is 0.260. The maximum atomic E-state index is 4.55. The Kier molecular flexibility index (Phi) is 6.88. The summed E-state index contributed by atoms with van der Waals surface area (Å²) in [4.78, 5) is 7.12. The van der Waals surface area contributed by atoms with Crippen LogP contribution in [0.1, 0.15) is 44.7 Å². The lowest BCUT2D eigenvalue weighted by Crippen LogP contribution is -2.27. The third-order valence-corrected chi connectivity index (χ3v) is 6.19. The van der Waals surface area contributed by atoms with Gasteiger partial charge in [-0.3, -0.25) is 4.90 Å². The van der Waals surface area contributed by atoms with E-state index in [0.717, 1.165) is 18.8 Å². The number of fused-ring (bicyclic) bond motifs is 1. The van der Waals surface area contributed by atoms with Gasteiger partial charge in [0.1, 0.15) is 12.0 Å². The summed E-state index contributed by atoms with van der Waals surface area (Å²) in [5, 5.41) is 7.18. The Labute approximate surface area is 186 Å². The summed E-state index contributed by atoms with van der Waals surface area (Å²) in [6.07, 6.45) is 5.67. The zero-order chi connectivity index (χ0) is 21.6. The molecule has 2 aliphatic heterocycles. The van der Waals surface area contributed by atoms with E-state index in [1.807, 2.05) is 20.0 Å². The highest BCUT2D eigenvalue weighted by molar-refractivity contribution is 5.70. The third-order valence-electron chi connectivity index (χ3n) is 6.19. The molecule has 2 aliphatic rings. The van der Waals surface area contributed by atoms with Crippen molar-refractivity contribution in [2.45, 2.75) is 58.8 Å². The summed E-state index contributed by atoms with van der Waals surface area (Å²) >= 11 is 0. The fraction of sp³-hybridized carbons (Fsp3) is 0.370. The van der Waals surface area contributed by atoms with E-state index in [1.54, 1.807) is 0 Å². The minimum absolute atomic E-state index is 0.171. The van der Waals surface area contributed by atoms with Gasteiger partial charge in [-0.15, -0.1) is 0 Å². The summed E-state index contributed by atoms with van der Waals surface area (Å²) in [6, 6.07) is 22.3. The van der Waals surface area contributed by atoms with Crippen molar-refractivity contribution in [3.63, 3.8) is 0 Å². The molecule has 4 heteroatoms. The Bertz CT molecular complexity index is 986. The van der Waals surface area contributed by atoms with Crippen molar-refractivity contribution in [1.29, 1.82) is 0 Å². The highest BCUT2D eigenvalue weighted by Crippen LogP contribution is 2.31. The number of hydrogen-bond donors (Lipinski definition) is 2. The maximum absolute atomic E-state index is 4.55. The molecule has 0 saturated carbocycles. The average Bonchev–Trinajstić information content (AvgIpc) is 3.40. The third kappa shape index (κ3) is 5.08. The first-order valence-electron chi connectivity index (χ1n) is 11.6. The molecule has 0 bridgehead atoms. The van der Waals surface area contributed by atoms with Crippen LogP contribution in [0, 0.1) is 0 Å². The molecule has 3 aromatic rings. The van der Waals surface area contributed by atoms with Gasteiger partial charge in [-0.05, 0) is 72.8 Å². The van der Waals surface area contributed by atoms with Gasteiger partial charge in [-0.1, -0.05) is 50.2 Å². The molecular formula is C27H34N4. The predicted octanol–water partition coefficient (Wildman–Crippen LogP) is 6.17. The van der Waals surface area contributed by atoms with Crippen molar-refractivity contribution in [3.05, 3.63) is 78.0 Å². The first kappa shape index (κ1) is 21.4. The van der Waals surface area contributed by atoms with Crippen molar-refractivity contribution < 1.29 is 0 Å². The number of aromatic nitrogens is 1. The molecule has 3 heterocycles. The van der Waals surface area contributed by atoms with Crippen LogP contribution in [0.4, 0.5) is 11.5 Å². The van der Waals surface area contributed by atoms with Gasteiger partial charge in [-0.2, -0.15) is 0 Å². The lowest BCUT2D eigenvalue weighted by Gasteiger charge is -2.21. The largest absolute Gasteiger partial charge is 0.365 e. The fourth-order valence-corrected chi connectivity index (χ4v) is 4.55. The zero-order valence-corrected chi connectivity index (χ0v) is 18.9. The minimum Gasteiger partial charge on any atom is -0.365 e. The summed E-state index contributed by atoms with van der Waals surface area (Å²) in [5.41, 5.74) is 6.43. The summed E-state index contributed by atoms with van der Waals surface area (Å²) < 4.78 is 0. The van der Waals surface area contributed by atoms with Gasteiger partial charge < -0.3 is 10.6 Å². The number of likely N-dealkylation sites (tertiary alicyclic amines) is 1. The molecule has 0 amide bonds. The number of nitrogens with one attached hydrogen (secondary N) is 2. The van der Waals surface area contributed by atoms with Crippen LogP contribution in [0.2, 0.25) is 0 Å². The lowest BCUT2D eigenvalue weighted by atomic mass is 10.0.